The van der Waals surface area contributed by atoms with Crippen LogP contribution in [-0.4, -0.2) is 51.5 Å². The standard InChI is InChI=1S/C18H19F3N6O2/c1-28-17-14-16(25-26-17)23-9-13(24-14)27-8-3-2-5-11(27)10-29-12-6-4-7-22-15(12)18(19,20)21/h4,6-7,9,11H,2-3,5,8,10H2,1H3,(H,23,25,26). The van der Waals surface area contributed by atoms with E-state index in [4.69, 9.17) is 9.47 Å². The summed E-state index contributed by atoms with van der Waals surface area (Å²) in [7, 11) is 1.49. The van der Waals surface area contributed by atoms with E-state index in [0.29, 0.717) is 29.4 Å². The molecule has 29 heavy (non-hydrogen) atoms. The Bertz CT molecular complexity index is 993. The number of H-pyrrole nitrogens is 1. The van der Waals surface area contributed by atoms with Gasteiger partial charge in [-0.2, -0.15) is 13.2 Å². The quantitative estimate of drug-likeness (QED) is 0.693. The maximum atomic E-state index is 13.2. The predicted octanol–water partition coefficient (Wildman–Crippen LogP) is 3.21. The molecular weight excluding hydrogens is 389 g/mol. The van der Waals surface area contributed by atoms with E-state index >= 15 is 0 Å². The smallest absolute Gasteiger partial charge is 0.437 e. The number of hydrogen-bond acceptors (Lipinski definition) is 7. The lowest BCUT2D eigenvalue weighted by Crippen LogP contribution is -2.44. The Labute approximate surface area is 164 Å². The first-order chi connectivity index (χ1) is 14.0. The van der Waals surface area contributed by atoms with Crippen LogP contribution in [0.2, 0.25) is 0 Å². The normalized spacial score (nSPS) is 17.5. The highest BCUT2D eigenvalue weighted by atomic mass is 19.4. The summed E-state index contributed by atoms with van der Waals surface area (Å²) in [6.07, 6.45) is 0.810. The summed E-state index contributed by atoms with van der Waals surface area (Å²) in [5.74, 6) is 0.667. The second kappa shape index (κ2) is 7.72. The maximum absolute atomic E-state index is 13.2. The number of aromatic nitrogens is 5. The topological polar surface area (TPSA) is 89.0 Å². The van der Waals surface area contributed by atoms with E-state index in [0.717, 1.165) is 25.5 Å². The van der Waals surface area contributed by atoms with Gasteiger partial charge in [-0.3, -0.25) is 5.10 Å². The van der Waals surface area contributed by atoms with Crippen molar-refractivity contribution in [3.8, 4) is 11.6 Å². The number of nitrogens with zero attached hydrogens (tertiary/aromatic N) is 5. The van der Waals surface area contributed by atoms with Crippen molar-refractivity contribution in [2.24, 2.45) is 0 Å². The van der Waals surface area contributed by atoms with E-state index in [2.05, 4.69) is 25.1 Å². The van der Waals surface area contributed by atoms with Gasteiger partial charge in [-0.1, -0.05) is 0 Å². The SMILES string of the molecule is COc1n[nH]c2ncc(N3CCCCC3COc3cccnc3C(F)(F)F)nc12. The van der Waals surface area contributed by atoms with E-state index in [1.165, 1.54) is 19.2 Å². The summed E-state index contributed by atoms with van der Waals surface area (Å²) in [6, 6.07) is 2.56. The van der Waals surface area contributed by atoms with Gasteiger partial charge in [0, 0.05) is 12.7 Å². The Hall–Kier alpha value is -3.11. The summed E-state index contributed by atoms with van der Waals surface area (Å²) in [5.41, 5.74) is -0.0193. The fourth-order valence-corrected chi connectivity index (χ4v) is 3.43. The van der Waals surface area contributed by atoms with Crippen LogP contribution in [0.5, 0.6) is 11.6 Å². The highest BCUT2D eigenvalue weighted by Gasteiger charge is 2.36. The number of aromatic amines is 1. The molecule has 0 aromatic carbocycles. The zero-order chi connectivity index (χ0) is 20.4. The highest BCUT2D eigenvalue weighted by molar-refractivity contribution is 5.77. The van der Waals surface area contributed by atoms with Gasteiger partial charge >= 0.3 is 6.18 Å². The number of halogens is 3. The molecule has 8 nitrogen and oxygen atoms in total. The van der Waals surface area contributed by atoms with Gasteiger partial charge in [-0.15, -0.1) is 5.10 Å². The molecule has 0 bridgehead atoms. The molecule has 1 fully saturated rings. The number of pyridine rings is 1. The average Bonchev–Trinajstić information content (AvgIpc) is 3.14. The van der Waals surface area contributed by atoms with Crippen molar-refractivity contribution < 1.29 is 22.6 Å². The molecule has 0 radical (unpaired) electrons. The number of anilines is 1. The van der Waals surface area contributed by atoms with Gasteiger partial charge in [0.15, 0.2) is 16.9 Å². The number of fused-ring (bicyclic) bond motifs is 1. The third kappa shape index (κ3) is 3.89. The number of nitrogens with one attached hydrogen (secondary N) is 1. The molecule has 0 aliphatic carbocycles. The van der Waals surface area contributed by atoms with Crippen molar-refractivity contribution in [3.05, 3.63) is 30.2 Å². The third-order valence-electron chi connectivity index (χ3n) is 4.81. The van der Waals surface area contributed by atoms with E-state index in [-0.39, 0.29) is 18.4 Å². The second-order valence-corrected chi connectivity index (χ2v) is 6.66. The summed E-state index contributed by atoms with van der Waals surface area (Å²) >= 11 is 0. The predicted molar refractivity (Wildman–Crippen MR) is 98.0 cm³/mol. The zero-order valence-electron chi connectivity index (χ0n) is 15.6. The molecule has 1 N–H and O–H groups in total. The molecule has 1 aliphatic rings. The number of alkyl halides is 3. The molecule has 11 heteroatoms. The van der Waals surface area contributed by atoms with Crippen LogP contribution in [0.1, 0.15) is 25.0 Å². The molecular formula is C18H19F3N6O2. The van der Waals surface area contributed by atoms with E-state index < -0.39 is 11.9 Å². The fourth-order valence-electron chi connectivity index (χ4n) is 3.43. The lowest BCUT2D eigenvalue weighted by Gasteiger charge is -2.36. The first kappa shape index (κ1) is 19.2. The van der Waals surface area contributed by atoms with Crippen LogP contribution in [0.15, 0.2) is 24.5 Å². The minimum absolute atomic E-state index is 0.0804. The Morgan fingerprint density at radius 3 is 2.93 bits per heavy atom. The third-order valence-corrected chi connectivity index (χ3v) is 4.81. The summed E-state index contributed by atoms with van der Waals surface area (Å²) in [5, 5.41) is 6.74. The number of ether oxygens (including phenoxy) is 2. The van der Waals surface area contributed by atoms with Crippen molar-refractivity contribution >= 4 is 17.0 Å². The Morgan fingerprint density at radius 2 is 2.14 bits per heavy atom. The van der Waals surface area contributed by atoms with Gasteiger partial charge in [-0.05, 0) is 31.4 Å². The molecule has 3 aromatic heterocycles. The summed E-state index contributed by atoms with van der Waals surface area (Å²) in [4.78, 5) is 14.3. The van der Waals surface area contributed by atoms with Gasteiger partial charge in [0.1, 0.15) is 18.2 Å². The van der Waals surface area contributed by atoms with E-state index in [1.54, 1.807) is 6.20 Å². The monoisotopic (exact) mass is 408 g/mol. The molecule has 1 saturated heterocycles. The Morgan fingerprint density at radius 1 is 1.28 bits per heavy atom. The van der Waals surface area contributed by atoms with Crippen LogP contribution in [0, 0.1) is 0 Å². The van der Waals surface area contributed by atoms with Crippen molar-refractivity contribution in [2.45, 2.75) is 31.5 Å². The first-order valence-corrected chi connectivity index (χ1v) is 9.14. The number of rotatable bonds is 5. The molecule has 154 valence electrons. The van der Waals surface area contributed by atoms with Gasteiger partial charge in [0.05, 0.1) is 19.3 Å². The Balaban J connectivity index is 1.56. The molecule has 4 heterocycles. The minimum Gasteiger partial charge on any atom is -0.489 e. The molecule has 1 atom stereocenters. The maximum Gasteiger partial charge on any atom is 0.437 e. The minimum atomic E-state index is -4.57. The lowest BCUT2D eigenvalue weighted by molar-refractivity contribution is -0.142. The van der Waals surface area contributed by atoms with Crippen molar-refractivity contribution in [2.75, 3.05) is 25.2 Å². The van der Waals surface area contributed by atoms with E-state index in [9.17, 15) is 13.2 Å². The highest BCUT2D eigenvalue weighted by Crippen LogP contribution is 2.34. The fraction of sp³-hybridized carbons (Fsp3) is 0.444. The van der Waals surface area contributed by atoms with Gasteiger partial charge < -0.3 is 14.4 Å². The lowest BCUT2D eigenvalue weighted by atomic mass is 10.0. The van der Waals surface area contributed by atoms with Crippen molar-refractivity contribution in [1.29, 1.82) is 0 Å². The summed E-state index contributed by atoms with van der Waals surface area (Å²) < 4.78 is 50.2. The number of hydrogen-bond donors (Lipinski definition) is 1. The van der Waals surface area contributed by atoms with Crippen LogP contribution in [0.25, 0.3) is 11.2 Å². The average molecular weight is 408 g/mol. The zero-order valence-corrected chi connectivity index (χ0v) is 15.6. The molecule has 1 unspecified atom stereocenters. The van der Waals surface area contributed by atoms with Gasteiger partial charge in [0.2, 0.25) is 0 Å². The molecule has 0 amide bonds. The van der Waals surface area contributed by atoms with Gasteiger partial charge in [-0.25, -0.2) is 15.0 Å². The van der Waals surface area contributed by atoms with E-state index in [1.807, 2.05) is 4.90 Å². The van der Waals surface area contributed by atoms with Crippen LogP contribution in [0.3, 0.4) is 0 Å². The number of piperidine rings is 1. The number of methoxy groups -OCH3 is 1. The molecule has 0 saturated carbocycles. The summed E-state index contributed by atoms with van der Waals surface area (Å²) in [6.45, 7) is 0.782. The molecule has 4 rings (SSSR count). The van der Waals surface area contributed by atoms with Crippen LogP contribution < -0.4 is 14.4 Å². The van der Waals surface area contributed by atoms with Crippen LogP contribution >= 0.6 is 0 Å². The van der Waals surface area contributed by atoms with Crippen LogP contribution in [-0.2, 0) is 6.18 Å². The van der Waals surface area contributed by atoms with Gasteiger partial charge in [0.25, 0.3) is 5.88 Å². The molecule has 1 aliphatic heterocycles. The Kier molecular flexibility index (Phi) is 5.12. The second-order valence-electron chi connectivity index (χ2n) is 6.66. The van der Waals surface area contributed by atoms with Crippen LogP contribution in [0.4, 0.5) is 19.0 Å². The molecule has 0 spiro atoms. The first-order valence-electron chi connectivity index (χ1n) is 9.14. The largest absolute Gasteiger partial charge is 0.489 e. The van der Waals surface area contributed by atoms with Crippen molar-refractivity contribution in [3.63, 3.8) is 0 Å². The molecule has 3 aromatic rings. The van der Waals surface area contributed by atoms with Crippen molar-refractivity contribution in [1.82, 2.24) is 25.1 Å².